The molecule has 2 saturated heterocycles. The second-order valence-electron chi connectivity index (χ2n) is 6.47. The Morgan fingerprint density at radius 1 is 1.21 bits per heavy atom. The zero-order valence-corrected chi connectivity index (χ0v) is 15.7. The fourth-order valence-electron chi connectivity index (χ4n) is 3.35. The summed E-state index contributed by atoms with van der Waals surface area (Å²) in [5.41, 5.74) is 5.35. The van der Waals surface area contributed by atoms with Crippen LogP contribution in [0.2, 0.25) is 0 Å². The number of aromatic nitrogens is 2. The molecule has 4 N–H and O–H groups in total. The van der Waals surface area contributed by atoms with E-state index in [-0.39, 0.29) is 12.5 Å². The maximum Gasteiger partial charge on any atom is 0.318 e. The van der Waals surface area contributed by atoms with Gasteiger partial charge in [0.2, 0.25) is 11.9 Å². The molecular formula is C17H27N7O4. The van der Waals surface area contributed by atoms with Gasteiger partial charge in [0.1, 0.15) is 6.04 Å². The van der Waals surface area contributed by atoms with E-state index >= 15 is 0 Å². The van der Waals surface area contributed by atoms with E-state index in [4.69, 9.17) is 15.6 Å². The number of nitrogens with zero attached hydrogens (tertiary/aromatic N) is 5. The average Bonchev–Trinajstić information content (AvgIpc) is 3.20. The van der Waals surface area contributed by atoms with Crippen LogP contribution in [0, 0.1) is 0 Å². The molecule has 2 fully saturated rings. The third-order valence-corrected chi connectivity index (χ3v) is 4.75. The van der Waals surface area contributed by atoms with Crippen LogP contribution >= 0.6 is 0 Å². The van der Waals surface area contributed by atoms with Crippen molar-refractivity contribution in [3.63, 3.8) is 0 Å². The van der Waals surface area contributed by atoms with Crippen LogP contribution in [-0.2, 0) is 9.59 Å². The number of piperazine rings is 1. The van der Waals surface area contributed by atoms with E-state index in [1.807, 2.05) is 6.07 Å². The summed E-state index contributed by atoms with van der Waals surface area (Å²) in [6.07, 6.45) is 4.99. The van der Waals surface area contributed by atoms with Crippen LogP contribution in [0.25, 0.3) is 0 Å². The van der Waals surface area contributed by atoms with E-state index in [0.29, 0.717) is 19.5 Å². The molecule has 1 aromatic heterocycles. The van der Waals surface area contributed by atoms with Gasteiger partial charge >= 0.3 is 6.03 Å². The number of carbonyl (C=O) groups excluding carboxylic acids is 2. The Kier molecular flexibility index (Phi) is 8.40. The first-order chi connectivity index (χ1) is 13.6. The first-order valence-electron chi connectivity index (χ1n) is 9.22. The second-order valence-corrected chi connectivity index (χ2v) is 6.47. The molecule has 0 aromatic carbocycles. The van der Waals surface area contributed by atoms with Crippen molar-refractivity contribution in [3.05, 3.63) is 18.5 Å². The zero-order valence-electron chi connectivity index (χ0n) is 15.7. The van der Waals surface area contributed by atoms with Crippen LogP contribution in [-0.4, -0.2) is 95.1 Å². The van der Waals surface area contributed by atoms with Crippen LogP contribution < -0.4 is 16.0 Å². The highest BCUT2D eigenvalue weighted by Gasteiger charge is 2.32. The van der Waals surface area contributed by atoms with Crippen LogP contribution in [0.5, 0.6) is 0 Å². The molecule has 3 rings (SSSR count). The highest BCUT2D eigenvalue weighted by Crippen LogP contribution is 2.16. The van der Waals surface area contributed by atoms with Gasteiger partial charge < -0.3 is 26.0 Å². The summed E-state index contributed by atoms with van der Waals surface area (Å²) in [6, 6.07) is 1.15. The summed E-state index contributed by atoms with van der Waals surface area (Å²) in [6.45, 7) is 5.23. The van der Waals surface area contributed by atoms with Gasteiger partial charge in [-0.1, -0.05) is 0 Å². The number of carbonyl (C=O) groups is 3. The summed E-state index contributed by atoms with van der Waals surface area (Å²) in [5.74, 6) is 0.342. The predicted molar refractivity (Wildman–Crippen MR) is 102 cm³/mol. The van der Waals surface area contributed by atoms with E-state index in [0.717, 1.165) is 45.1 Å². The number of anilines is 1. The van der Waals surface area contributed by atoms with Crippen LogP contribution in [0.15, 0.2) is 18.5 Å². The van der Waals surface area contributed by atoms with Crippen LogP contribution in [0.4, 0.5) is 10.7 Å². The second kappa shape index (κ2) is 11.0. The highest BCUT2D eigenvalue weighted by atomic mass is 16.3. The van der Waals surface area contributed by atoms with Gasteiger partial charge in [0.25, 0.3) is 6.47 Å². The molecule has 1 aromatic rings. The first kappa shape index (κ1) is 21.4. The molecule has 1 atom stereocenters. The monoisotopic (exact) mass is 393 g/mol. The number of nitrogens with one attached hydrogen (secondary N) is 1. The van der Waals surface area contributed by atoms with E-state index < -0.39 is 11.9 Å². The van der Waals surface area contributed by atoms with E-state index in [1.165, 1.54) is 0 Å². The largest absolute Gasteiger partial charge is 0.483 e. The van der Waals surface area contributed by atoms with Gasteiger partial charge in [-0.15, -0.1) is 0 Å². The molecular weight excluding hydrogens is 366 g/mol. The minimum absolute atomic E-state index is 0.197. The summed E-state index contributed by atoms with van der Waals surface area (Å²) in [7, 11) is 0. The highest BCUT2D eigenvalue weighted by molar-refractivity contribution is 5.86. The Bertz CT molecular complexity index is 638. The van der Waals surface area contributed by atoms with Gasteiger partial charge in [-0.05, 0) is 18.9 Å². The smallest absolute Gasteiger partial charge is 0.318 e. The molecule has 154 valence electrons. The molecule has 2 aliphatic heterocycles. The lowest BCUT2D eigenvalue weighted by atomic mass is 10.2. The standard InChI is InChI=1S/C16H25N7O2.CH2O2/c17-14(24)13-3-1-7-23(13)16(25)20-6-8-21-9-11-22(12-10-21)15-18-4-2-5-19-15;2-1-3/h2,4-5,13H,1,3,6-12H2,(H2,17,24)(H,20,25);1H,(H,2,3)/t13-;/m0./s1. The van der Waals surface area contributed by atoms with Crippen molar-refractivity contribution in [2.45, 2.75) is 18.9 Å². The Hall–Kier alpha value is -2.95. The number of hydrogen-bond donors (Lipinski definition) is 3. The minimum Gasteiger partial charge on any atom is -0.483 e. The Labute approximate surface area is 163 Å². The van der Waals surface area contributed by atoms with Crippen molar-refractivity contribution in [2.75, 3.05) is 50.7 Å². The normalized spacial score (nSPS) is 19.5. The van der Waals surface area contributed by atoms with Gasteiger partial charge in [0.15, 0.2) is 0 Å². The average molecular weight is 393 g/mol. The van der Waals surface area contributed by atoms with Crippen molar-refractivity contribution in [1.29, 1.82) is 0 Å². The number of likely N-dealkylation sites (tertiary alicyclic amines) is 1. The molecule has 0 unspecified atom stereocenters. The topological polar surface area (TPSA) is 145 Å². The lowest BCUT2D eigenvalue weighted by molar-refractivity contribution is -0.123. The molecule has 0 bridgehead atoms. The van der Waals surface area contributed by atoms with Crippen molar-refractivity contribution < 1.29 is 19.5 Å². The van der Waals surface area contributed by atoms with E-state index in [2.05, 4.69) is 25.1 Å². The Balaban J connectivity index is 0.000000878. The summed E-state index contributed by atoms with van der Waals surface area (Å²) < 4.78 is 0. The number of hydrogen-bond acceptors (Lipinski definition) is 7. The fraction of sp³-hybridized carbons (Fsp3) is 0.588. The zero-order chi connectivity index (χ0) is 20.4. The summed E-state index contributed by atoms with van der Waals surface area (Å²) in [4.78, 5) is 46.5. The quantitative estimate of drug-likeness (QED) is 0.538. The Morgan fingerprint density at radius 2 is 1.86 bits per heavy atom. The summed E-state index contributed by atoms with van der Waals surface area (Å²) >= 11 is 0. The third kappa shape index (κ3) is 6.05. The maximum absolute atomic E-state index is 12.2. The molecule has 3 amide bonds. The van der Waals surface area contributed by atoms with Crippen LogP contribution in [0.1, 0.15) is 12.8 Å². The number of amides is 3. The minimum atomic E-state index is -0.464. The lowest BCUT2D eigenvalue weighted by Gasteiger charge is -2.34. The van der Waals surface area contributed by atoms with Gasteiger partial charge in [-0.25, -0.2) is 14.8 Å². The number of carboxylic acid groups (broad SMARTS) is 1. The van der Waals surface area contributed by atoms with E-state index in [1.54, 1.807) is 17.3 Å². The van der Waals surface area contributed by atoms with Crippen molar-refractivity contribution >= 4 is 24.4 Å². The molecule has 2 aliphatic rings. The van der Waals surface area contributed by atoms with Gasteiger partial charge in [-0.2, -0.15) is 0 Å². The van der Waals surface area contributed by atoms with Gasteiger partial charge in [0.05, 0.1) is 0 Å². The molecule has 0 aliphatic carbocycles. The molecule has 3 heterocycles. The van der Waals surface area contributed by atoms with Gasteiger partial charge in [0, 0.05) is 58.2 Å². The maximum atomic E-state index is 12.2. The van der Waals surface area contributed by atoms with E-state index in [9.17, 15) is 9.59 Å². The SMILES string of the molecule is NC(=O)[C@@H]1CCCN1C(=O)NCCN1CCN(c2ncccn2)CC1.O=CO. The molecule has 0 spiro atoms. The number of nitrogens with two attached hydrogens (primary N) is 1. The molecule has 28 heavy (non-hydrogen) atoms. The van der Waals surface area contributed by atoms with Gasteiger partial charge in [-0.3, -0.25) is 14.5 Å². The molecule has 0 radical (unpaired) electrons. The number of primary amides is 1. The fourth-order valence-corrected chi connectivity index (χ4v) is 3.35. The first-order valence-corrected chi connectivity index (χ1v) is 9.22. The number of urea groups is 1. The summed E-state index contributed by atoms with van der Waals surface area (Å²) in [5, 5.41) is 9.79. The number of rotatable bonds is 5. The molecule has 11 nitrogen and oxygen atoms in total. The van der Waals surface area contributed by atoms with Crippen LogP contribution in [0.3, 0.4) is 0 Å². The Morgan fingerprint density at radius 3 is 2.46 bits per heavy atom. The van der Waals surface area contributed by atoms with Crippen molar-refractivity contribution in [1.82, 2.24) is 25.1 Å². The molecule has 11 heteroatoms. The van der Waals surface area contributed by atoms with Crippen molar-refractivity contribution in [2.24, 2.45) is 5.73 Å². The predicted octanol–water partition coefficient (Wildman–Crippen LogP) is -1.04. The van der Waals surface area contributed by atoms with Crippen molar-refractivity contribution in [3.8, 4) is 0 Å². The third-order valence-electron chi connectivity index (χ3n) is 4.75. The lowest BCUT2D eigenvalue weighted by Crippen LogP contribution is -2.51. The molecule has 0 saturated carbocycles.